The molecule has 3 aromatic carbocycles. The van der Waals surface area contributed by atoms with Gasteiger partial charge < -0.3 is 4.74 Å². The Labute approximate surface area is 279 Å². The van der Waals surface area contributed by atoms with E-state index >= 15 is 0 Å². The van der Waals surface area contributed by atoms with Crippen LogP contribution in [0.25, 0.3) is 0 Å². The Balaban J connectivity index is 0.000000339. The normalized spacial score (nSPS) is 14.6. The van der Waals surface area contributed by atoms with E-state index in [9.17, 15) is 8.42 Å². The second-order valence-electron chi connectivity index (χ2n) is 10.6. The lowest BCUT2D eigenvalue weighted by Crippen LogP contribution is -2.32. The van der Waals surface area contributed by atoms with Crippen LogP contribution in [0.2, 0.25) is 20.1 Å². The maximum absolute atomic E-state index is 10.5. The van der Waals surface area contributed by atoms with E-state index in [1.807, 2.05) is 30.5 Å². The summed E-state index contributed by atoms with van der Waals surface area (Å²) < 4.78 is 36.1. The number of imidazole rings is 1. The monoisotopic (exact) mass is 698 g/mol. The molecule has 0 amide bonds. The summed E-state index contributed by atoms with van der Waals surface area (Å²) in [4.78, 5) is 0. The van der Waals surface area contributed by atoms with Crippen LogP contribution in [0.3, 0.4) is 0 Å². The van der Waals surface area contributed by atoms with Crippen LogP contribution in [0, 0.1) is 0 Å². The highest BCUT2D eigenvalue weighted by atomic mass is 35.5. The molecule has 1 aliphatic carbocycles. The summed E-state index contributed by atoms with van der Waals surface area (Å²) >= 11 is 25.0. The first-order chi connectivity index (χ1) is 21.1. The quantitative estimate of drug-likeness (QED) is 0.160. The Morgan fingerprint density at radius 2 is 1.59 bits per heavy atom. The summed E-state index contributed by atoms with van der Waals surface area (Å²) in [6.45, 7) is 1.81. The first kappa shape index (κ1) is 34.7. The van der Waals surface area contributed by atoms with Gasteiger partial charge in [-0.1, -0.05) is 108 Å². The largest absolute Gasteiger partial charge is 0.365 e. The standard InChI is InChI=1S/C26H23Cl4N2O.C6H13NO3S/c27-21-7-6-20(24(29)14-21)17-33-26(23-9-8-22(28)15-25(23)30)16-32-13-12-31(18-32)11-10-19-4-2-1-3-5-19;7-11(8,9)10-6-4-2-1-3-5-6/h1-9,12-15,18,26H,10-11,16-17H2;6H,1-5H2,(H2,7,8,9)/q+1;. The number of ether oxygens (including phenoxy) is 1. The summed E-state index contributed by atoms with van der Waals surface area (Å²) in [6, 6.07) is 21.3. The number of hydrogen-bond donors (Lipinski definition) is 1. The zero-order chi connectivity index (χ0) is 31.5. The second-order valence-corrected chi connectivity index (χ2v) is 13.5. The fraction of sp³-hybridized carbons (Fsp3) is 0.344. The average molecular weight is 701 g/mol. The Kier molecular flexibility index (Phi) is 13.4. The number of nitrogens with two attached hydrogens (primary N) is 1. The molecule has 236 valence electrons. The zero-order valence-corrected chi connectivity index (χ0v) is 28.0. The number of benzene rings is 3. The molecule has 5 rings (SSSR count). The van der Waals surface area contributed by atoms with Crippen LogP contribution in [-0.2, 0) is 45.3 Å². The van der Waals surface area contributed by atoms with Gasteiger partial charge in [0.15, 0.2) is 0 Å². The number of rotatable bonds is 11. The number of hydrogen-bond acceptors (Lipinski definition) is 4. The molecule has 4 aromatic rings. The van der Waals surface area contributed by atoms with Gasteiger partial charge in [0.2, 0.25) is 6.33 Å². The molecule has 0 saturated heterocycles. The molecular formula is C32H36Cl4N3O4S+. The molecule has 2 N–H and O–H groups in total. The van der Waals surface area contributed by atoms with E-state index in [2.05, 4.69) is 50.1 Å². The summed E-state index contributed by atoms with van der Waals surface area (Å²) in [7, 11) is -3.72. The van der Waals surface area contributed by atoms with Crippen LogP contribution in [0.5, 0.6) is 0 Å². The van der Waals surface area contributed by atoms with E-state index in [0.717, 1.165) is 49.8 Å². The highest BCUT2D eigenvalue weighted by Crippen LogP contribution is 2.31. The molecule has 1 atom stereocenters. The third-order valence-corrected chi connectivity index (χ3v) is 8.90. The molecule has 1 unspecified atom stereocenters. The lowest BCUT2D eigenvalue weighted by Gasteiger charge is -2.19. The molecule has 1 heterocycles. The Morgan fingerprint density at radius 3 is 2.25 bits per heavy atom. The topological polar surface area (TPSA) is 87.4 Å². The lowest BCUT2D eigenvalue weighted by atomic mass is 9.98. The number of nitrogens with zero attached hydrogens (tertiary/aromatic N) is 2. The van der Waals surface area contributed by atoms with Gasteiger partial charge in [-0.2, -0.15) is 8.42 Å². The predicted octanol–water partition coefficient (Wildman–Crippen LogP) is 8.13. The van der Waals surface area contributed by atoms with Crippen molar-refractivity contribution < 1.29 is 21.9 Å². The van der Waals surface area contributed by atoms with Gasteiger partial charge >= 0.3 is 10.3 Å². The summed E-state index contributed by atoms with van der Waals surface area (Å²) in [5, 5.41) is 7.03. The molecule has 1 saturated carbocycles. The van der Waals surface area contributed by atoms with Crippen LogP contribution in [0.4, 0.5) is 0 Å². The minimum atomic E-state index is -3.72. The maximum atomic E-state index is 10.5. The first-order valence-corrected chi connectivity index (χ1v) is 17.3. The molecule has 12 heteroatoms. The van der Waals surface area contributed by atoms with Crippen LogP contribution in [0.1, 0.15) is 54.9 Å². The van der Waals surface area contributed by atoms with E-state index in [0.29, 0.717) is 33.2 Å². The van der Waals surface area contributed by atoms with Crippen molar-refractivity contribution in [2.45, 2.75) is 70.4 Å². The van der Waals surface area contributed by atoms with Gasteiger partial charge in [-0.25, -0.2) is 14.3 Å². The van der Waals surface area contributed by atoms with Gasteiger partial charge in [-0.15, -0.1) is 0 Å². The number of aromatic nitrogens is 2. The Hall–Kier alpha value is -2.14. The summed E-state index contributed by atoms with van der Waals surface area (Å²) in [6.07, 6.45) is 11.6. The van der Waals surface area contributed by atoms with E-state index in [1.54, 1.807) is 18.2 Å². The van der Waals surface area contributed by atoms with Gasteiger partial charge in [0, 0.05) is 32.1 Å². The van der Waals surface area contributed by atoms with Gasteiger partial charge in [-0.3, -0.25) is 4.18 Å². The molecule has 0 spiro atoms. The van der Waals surface area contributed by atoms with Crippen molar-refractivity contribution in [1.29, 1.82) is 0 Å². The predicted molar refractivity (Wildman–Crippen MR) is 176 cm³/mol. The van der Waals surface area contributed by atoms with Gasteiger partial charge in [-0.05, 0) is 48.2 Å². The molecule has 7 nitrogen and oxygen atoms in total. The first-order valence-electron chi connectivity index (χ1n) is 14.4. The summed E-state index contributed by atoms with van der Waals surface area (Å²) in [5.74, 6) is 0. The van der Waals surface area contributed by atoms with Crippen molar-refractivity contribution in [3.63, 3.8) is 0 Å². The molecular weight excluding hydrogens is 664 g/mol. The van der Waals surface area contributed by atoms with Gasteiger partial charge in [0.05, 0.1) is 19.3 Å². The second kappa shape index (κ2) is 17.0. The third kappa shape index (κ3) is 11.7. The van der Waals surface area contributed by atoms with Crippen molar-refractivity contribution in [2.75, 3.05) is 0 Å². The summed E-state index contributed by atoms with van der Waals surface area (Å²) in [5.41, 5.74) is 3.05. The lowest BCUT2D eigenvalue weighted by molar-refractivity contribution is -0.696. The van der Waals surface area contributed by atoms with Crippen LogP contribution in [0.15, 0.2) is 85.5 Å². The van der Waals surface area contributed by atoms with E-state index in [1.165, 1.54) is 12.0 Å². The third-order valence-electron chi connectivity index (χ3n) is 7.21. The van der Waals surface area contributed by atoms with E-state index in [-0.39, 0.29) is 12.2 Å². The van der Waals surface area contributed by atoms with Crippen molar-refractivity contribution in [2.24, 2.45) is 5.14 Å². The highest BCUT2D eigenvalue weighted by molar-refractivity contribution is 7.84. The number of aryl methyl sites for hydroxylation is 2. The molecule has 0 radical (unpaired) electrons. The molecule has 0 bridgehead atoms. The van der Waals surface area contributed by atoms with Crippen LogP contribution < -0.4 is 9.71 Å². The van der Waals surface area contributed by atoms with Crippen molar-refractivity contribution in [3.8, 4) is 0 Å². The van der Waals surface area contributed by atoms with Gasteiger partial charge in [0.1, 0.15) is 25.0 Å². The molecule has 1 aliphatic rings. The van der Waals surface area contributed by atoms with Gasteiger partial charge in [0.25, 0.3) is 0 Å². The molecule has 1 aromatic heterocycles. The van der Waals surface area contributed by atoms with E-state index < -0.39 is 10.3 Å². The minimum absolute atomic E-state index is 0.168. The van der Waals surface area contributed by atoms with Crippen LogP contribution >= 0.6 is 46.4 Å². The fourth-order valence-corrected chi connectivity index (χ4v) is 6.52. The Morgan fingerprint density at radius 1 is 0.909 bits per heavy atom. The van der Waals surface area contributed by atoms with E-state index in [4.69, 9.17) is 56.3 Å². The molecule has 44 heavy (non-hydrogen) atoms. The van der Waals surface area contributed by atoms with Crippen molar-refractivity contribution >= 4 is 56.7 Å². The zero-order valence-electron chi connectivity index (χ0n) is 24.1. The van der Waals surface area contributed by atoms with Crippen molar-refractivity contribution in [3.05, 3.63) is 122 Å². The smallest absolute Gasteiger partial charge is 0.333 e. The average Bonchev–Trinajstić information content (AvgIpc) is 3.43. The number of halogens is 4. The molecule has 1 fully saturated rings. The SMILES string of the molecule is Clc1ccc(COC(Cn2cc[n+](CCc3ccccc3)c2)c2ccc(Cl)cc2Cl)c(Cl)c1.NS(=O)(=O)OC1CCCCC1. The molecule has 0 aliphatic heterocycles. The van der Waals surface area contributed by atoms with Crippen LogP contribution in [-0.4, -0.2) is 19.1 Å². The minimum Gasteiger partial charge on any atom is -0.365 e. The fourth-order valence-electron chi connectivity index (χ4n) is 4.96. The maximum Gasteiger partial charge on any atom is 0.333 e. The van der Waals surface area contributed by atoms with Crippen molar-refractivity contribution in [1.82, 2.24) is 4.57 Å². The highest BCUT2D eigenvalue weighted by Gasteiger charge is 2.21. The Bertz CT molecular complexity index is 1600.